The fraction of sp³-hybridized carbons (Fsp3) is 0.143. The van der Waals surface area contributed by atoms with Crippen LogP contribution in [0.2, 0.25) is 0 Å². The van der Waals surface area contributed by atoms with E-state index < -0.39 is 11.9 Å². The molecule has 0 saturated heterocycles. The first-order chi connectivity index (χ1) is 13.4. The Morgan fingerprint density at radius 3 is 2.39 bits per heavy atom. The predicted molar refractivity (Wildman–Crippen MR) is 107 cm³/mol. The van der Waals surface area contributed by atoms with Crippen molar-refractivity contribution < 1.29 is 14.3 Å². The van der Waals surface area contributed by atoms with Gasteiger partial charge in [0, 0.05) is 17.1 Å². The Balaban J connectivity index is 1.79. The zero-order chi connectivity index (χ0) is 20.1. The number of amides is 1. The minimum Gasteiger partial charge on any atom is -0.465 e. The van der Waals surface area contributed by atoms with Crippen LogP contribution in [0, 0.1) is 13.8 Å². The number of anilines is 3. The van der Waals surface area contributed by atoms with Gasteiger partial charge in [-0.25, -0.2) is 14.8 Å². The van der Waals surface area contributed by atoms with Crippen LogP contribution in [0.15, 0.2) is 54.6 Å². The maximum atomic E-state index is 12.6. The summed E-state index contributed by atoms with van der Waals surface area (Å²) in [6.45, 7) is 3.79. The third kappa shape index (κ3) is 4.70. The van der Waals surface area contributed by atoms with Crippen LogP contribution >= 0.6 is 0 Å². The molecule has 3 rings (SSSR count). The third-order valence-corrected chi connectivity index (χ3v) is 3.94. The van der Waals surface area contributed by atoms with Gasteiger partial charge in [-0.15, -0.1) is 0 Å². The van der Waals surface area contributed by atoms with Gasteiger partial charge in [0.25, 0.3) is 5.91 Å². The molecule has 28 heavy (non-hydrogen) atoms. The Hall–Kier alpha value is -3.74. The van der Waals surface area contributed by atoms with E-state index in [0.29, 0.717) is 22.9 Å². The first-order valence-corrected chi connectivity index (χ1v) is 8.64. The van der Waals surface area contributed by atoms with Gasteiger partial charge in [-0.05, 0) is 50.2 Å². The molecule has 0 bridgehead atoms. The first kappa shape index (κ1) is 19.0. The van der Waals surface area contributed by atoms with Gasteiger partial charge >= 0.3 is 5.97 Å². The lowest BCUT2D eigenvalue weighted by atomic mass is 10.2. The summed E-state index contributed by atoms with van der Waals surface area (Å²) in [6, 6.07) is 15.9. The number of rotatable bonds is 5. The highest BCUT2D eigenvalue weighted by molar-refractivity contribution is 6.03. The molecule has 0 spiro atoms. The number of methoxy groups -OCH3 is 1. The van der Waals surface area contributed by atoms with Crippen LogP contribution in [0.1, 0.15) is 32.1 Å². The first-order valence-electron chi connectivity index (χ1n) is 8.64. The van der Waals surface area contributed by atoms with Gasteiger partial charge in [-0.1, -0.05) is 23.8 Å². The number of hydrogen-bond donors (Lipinski definition) is 2. The summed E-state index contributed by atoms with van der Waals surface area (Å²) in [6.07, 6.45) is 0. The molecule has 0 saturated carbocycles. The maximum absolute atomic E-state index is 12.6. The van der Waals surface area contributed by atoms with E-state index in [0.717, 1.165) is 11.3 Å². The van der Waals surface area contributed by atoms with Crippen LogP contribution in [-0.4, -0.2) is 29.0 Å². The monoisotopic (exact) mass is 376 g/mol. The van der Waals surface area contributed by atoms with E-state index >= 15 is 0 Å². The fourth-order valence-corrected chi connectivity index (χ4v) is 2.54. The zero-order valence-corrected chi connectivity index (χ0v) is 15.8. The van der Waals surface area contributed by atoms with E-state index in [-0.39, 0.29) is 5.69 Å². The molecule has 1 heterocycles. The molecule has 2 aromatic carbocycles. The largest absolute Gasteiger partial charge is 0.465 e. The number of hydrogen-bond acceptors (Lipinski definition) is 6. The highest BCUT2D eigenvalue weighted by Crippen LogP contribution is 2.16. The summed E-state index contributed by atoms with van der Waals surface area (Å²) in [5, 5.41) is 5.84. The fourth-order valence-electron chi connectivity index (χ4n) is 2.54. The lowest BCUT2D eigenvalue weighted by Crippen LogP contribution is -2.16. The van der Waals surface area contributed by atoms with E-state index in [4.69, 9.17) is 4.74 Å². The normalized spacial score (nSPS) is 10.2. The molecule has 0 aliphatic rings. The highest BCUT2D eigenvalue weighted by atomic mass is 16.5. The summed E-state index contributed by atoms with van der Waals surface area (Å²) in [4.78, 5) is 32.9. The number of esters is 1. The van der Waals surface area contributed by atoms with Gasteiger partial charge in [-0.3, -0.25) is 4.79 Å². The number of ether oxygens (including phenoxy) is 1. The van der Waals surface area contributed by atoms with Crippen LogP contribution in [0.3, 0.4) is 0 Å². The number of nitrogens with zero attached hydrogens (tertiary/aromatic N) is 2. The van der Waals surface area contributed by atoms with Crippen LogP contribution in [0.4, 0.5) is 17.3 Å². The average Bonchev–Trinajstić information content (AvgIpc) is 2.69. The SMILES string of the molecule is COC(=O)c1cccc(NC(=O)c2cc(C)nc(Nc3ccc(C)cc3)n2)c1. The Kier molecular flexibility index (Phi) is 5.64. The molecular weight excluding hydrogens is 356 g/mol. The second-order valence-corrected chi connectivity index (χ2v) is 6.24. The molecule has 2 N–H and O–H groups in total. The molecule has 0 fully saturated rings. The highest BCUT2D eigenvalue weighted by Gasteiger charge is 2.13. The van der Waals surface area contributed by atoms with E-state index in [1.165, 1.54) is 7.11 Å². The summed E-state index contributed by atoms with van der Waals surface area (Å²) in [5.74, 6) is -0.546. The van der Waals surface area contributed by atoms with Crippen LogP contribution in [0.25, 0.3) is 0 Å². The van der Waals surface area contributed by atoms with E-state index in [2.05, 4.69) is 20.6 Å². The average molecular weight is 376 g/mol. The predicted octanol–water partition coefficient (Wildman–Crippen LogP) is 3.88. The van der Waals surface area contributed by atoms with Crippen molar-refractivity contribution in [2.75, 3.05) is 17.7 Å². The molecular formula is C21H20N4O3. The van der Waals surface area contributed by atoms with Gasteiger partial charge in [0.15, 0.2) is 0 Å². The Labute approximate surface area is 162 Å². The topological polar surface area (TPSA) is 93.2 Å². The number of nitrogens with one attached hydrogen (secondary N) is 2. The number of aryl methyl sites for hydroxylation is 2. The quantitative estimate of drug-likeness (QED) is 0.657. The summed E-state index contributed by atoms with van der Waals surface area (Å²) in [5.41, 5.74) is 3.65. The molecule has 7 heteroatoms. The van der Waals surface area contributed by atoms with Gasteiger partial charge in [0.05, 0.1) is 12.7 Å². The Morgan fingerprint density at radius 1 is 0.929 bits per heavy atom. The maximum Gasteiger partial charge on any atom is 0.337 e. The van der Waals surface area contributed by atoms with E-state index in [1.807, 2.05) is 31.2 Å². The Morgan fingerprint density at radius 2 is 1.68 bits per heavy atom. The van der Waals surface area contributed by atoms with Crippen molar-refractivity contribution in [2.45, 2.75) is 13.8 Å². The van der Waals surface area contributed by atoms with Crippen molar-refractivity contribution in [2.24, 2.45) is 0 Å². The van der Waals surface area contributed by atoms with Crippen molar-refractivity contribution in [3.63, 3.8) is 0 Å². The van der Waals surface area contributed by atoms with Crippen LogP contribution < -0.4 is 10.6 Å². The number of carbonyl (C=O) groups excluding carboxylic acids is 2. The molecule has 1 aromatic heterocycles. The van der Waals surface area contributed by atoms with Crippen molar-refractivity contribution in [3.05, 3.63) is 77.1 Å². The van der Waals surface area contributed by atoms with Gasteiger partial charge < -0.3 is 15.4 Å². The second kappa shape index (κ2) is 8.30. The Bertz CT molecular complexity index is 1020. The molecule has 0 aliphatic heterocycles. The lowest BCUT2D eigenvalue weighted by molar-refractivity contribution is 0.0600. The summed E-state index contributed by atoms with van der Waals surface area (Å²) >= 11 is 0. The lowest BCUT2D eigenvalue weighted by Gasteiger charge is -2.10. The zero-order valence-electron chi connectivity index (χ0n) is 15.8. The minimum absolute atomic E-state index is 0.214. The van der Waals surface area contributed by atoms with Crippen molar-refractivity contribution >= 4 is 29.2 Å². The number of benzene rings is 2. The number of carbonyl (C=O) groups is 2. The smallest absolute Gasteiger partial charge is 0.337 e. The molecule has 7 nitrogen and oxygen atoms in total. The molecule has 0 atom stereocenters. The second-order valence-electron chi connectivity index (χ2n) is 6.24. The molecule has 1 amide bonds. The van der Waals surface area contributed by atoms with Crippen LogP contribution in [-0.2, 0) is 4.74 Å². The standard InChI is InChI=1S/C21H20N4O3/c1-13-7-9-16(10-8-13)24-21-22-14(2)11-18(25-21)19(26)23-17-6-4-5-15(12-17)20(27)28-3/h4-12H,1-3H3,(H,23,26)(H,22,24,25). The van der Waals surface area contributed by atoms with Gasteiger partial charge in [0.1, 0.15) is 5.69 Å². The summed E-state index contributed by atoms with van der Waals surface area (Å²) < 4.78 is 4.70. The number of aromatic nitrogens is 2. The molecule has 3 aromatic rings. The van der Waals surface area contributed by atoms with Crippen molar-refractivity contribution in [3.8, 4) is 0 Å². The van der Waals surface area contributed by atoms with E-state index in [9.17, 15) is 9.59 Å². The van der Waals surface area contributed by atoms with Gasteiger partial charge in [0.2, 0.25) is 5.95 Å². The molecule has 0 aliphatic carbocycles. The van der Waals surface area contributed by atoms with Crippen LogP contribution in [0.5, 0.6) is 0 Å². The van der Waals surface area contributed by atoms with E-state index in [1.54, 1.807) is 37.3 Å². The molecule has 0 unspecified atom stereocenters. The molecule has 142 valence electrons. The summed E-state index contributed by atoms with van der Waals surface area (Å²) in [7, 11) is 1.31. The van der Waals surface area contributed by atoms with Crippen molar-refractivity contribution in [1.82, 2.24) is 9.97 Å². The third-order valence-electron chi connectivity index (χ3n) is 3.94. The van der Waals surface area contributed by atoms with Gasteiger partial charge in [-0.2, -0.15) is 0 Å². The molecule has 0 radical (unpaired) electrons. The minimum atomic E-state index is -0.474. The van der Waals surface area contributed by atoms with Crippen molar-refractivity contribution in [1.29, 1.82) is 0 Å².